The highest BCUT2D eigenvalue weighted by Crippen LogP contribution is 2.36. The lowest BCUT2D eigenvalue weighted by Gasteiger charge is -2.28. The first kappa shape index (κ1) is 17.4. The first-order chi connectivity index (χ1) is 10.0. The summed E-state index contributed by atoms with van der Waals surface area (Å²) in [6, 6.07) is 4.45. The molecule has 1 nitrogen and oxygen atoms in total. The average Bonchev–Trinajstić information content (AvgIpc) is 2.73. The summed E-state index contributed by atoms with van der Waals surface area (Å²) < 4.78 is 0. The van der Waals surface area contributed by atoms with E-state index in [9.17, 15) is 0 Å². The minimum Gasteiger partial charge on any atom is -0.307 e. The van der Waals surface area contributed by atoms with E-state index in [0.29, 0.717) is 21.1 Å². The lowest BCUT2D eigenvalue weighted by Crippen LogP contribution is -2.35. The van der Waals surface area contributed by atoms with Crippen LogP contribution in [0.5, 0.6) is 0 Å². The molecule has 0 bridgehead atoms. The molecule has 1 aliphatic carbocycles. The predicted octanol–water partition coefficient (Wildman–Crippen LogP) is 6.66. The summed E-state index contributed by atoms with van der Waals surface area (Å²) in [4.78, 5) is 0. The molecule has 1 fully saturated rings. The second-order valence-electron chi connectivity index (χ2n) is 6.19. The third kappa shape index (κ3) is 4.51. The van der Waals surface area contributed by atoms with Gasteiger partial charge >= 0.3 is 0 Å². The summed E-state index contributed by atoms with van der Waals surface area (Å²) in [5.41, 5.74) is 1.02. The van der Waals surface area contributed by atoms with E-state index in [2.05, 4.69) is 19.2 Å². The molecule has 0 saturated heterocycles. The smallest absolute Gasteiger partial charge is 0.0781 e. The minimum absolute atomic E-state index is 0.172. The number of rotatable bonds is 4. The highest BCUT2D eigenvalue weighted by atomic mass is 35.5. The summed E-state index contributed by atoms with van der Waals surface area (Å²) in [5, 5.41) is 5.22. The molecule has 1 aromatic carbocycles. The highest BCUT2D eigenvalue weighted by molar-refractivity contribution is 6.48. The Morgan fingerprint density at radius 1 is 0.952 bits per heavy atom. The molecule has 0 heterocycles. The third-order valence-corrected chi connectivity index (χ3v) is 5.96. The Bertz CT molecular complexity index is 467. The molecule has 1 aliphatic rings. The Labute approximate surface area is 143 Å². The largest absolute Gasteiger partial charge is 0.307 e. The van der Waals surface area contributed by atoms with Crippen molar-refractivity contribution in [1.29, 1.82) is 0 Å². The van der Waals surface area contributed by atoms with Gasteiger partial charge in [-0.1, -0.05) is 66.6 Å². The Hall–Kier alpha value is 0.0500. The van der Waals surface area contributed by atoms with Gasteiger partial charge < -0.3 is 5.32 Å². The number of benzene rings is 1. The Morgan fingerprint density at radius 3 is 2.19 bits per heavy atom. The van der Waals surface area contributed by atoms with Crippen LogP contribution in [0, 0.1) is 5.92 Å². The van der Waals surface area contributed by atoms with Gasteiger partial charge in [0.05, 0.1) is 15.1 Å². The fourth-order valence-corrected chi connectivity index (χ4v) is 4.01. The van der Waals surface area contributed by atoms with Crippen LogP contribution in [0.2, 0.25) is 15.1 Å². The molecule has 0 aromatic heterocycles. The lowest BCUT2D eigenvalue weighted by atomic mass is 9.92. The van der Waals surface area contributed by atoms with Crippen molar-refractivity contribution < 1.29 is 0 Å². The molecule has 1 aromatic rings. The van der Waals surface area contributed by atoms with Gasteiger partial charge in [-0.05, 0) is 44.2 Å². The number of halogens is 3. The van der Waals surface area contributed by atoms with Crippen molar-refractivity contribution in [1.82, 2.24) is 5.32 Å². The van der Waals surface area contributed by atoms with E-state index in [1.54, 1.807) is 0 Å². The first-order valence-corrected chi connectivity index (χ1v) is 9.03. The third-order valence-electron chi connectivity index (χ3n) is 4.65. The van der Waals surface area contributed by atoms with Gasteiger partial charge in [0, 0.05) is 12.1 Å². The Morgan fingerprint density at radius 2 is 1.57 bits per heavy atom. The van der Waals surface area contributed by atoms with Gasteiger partial charge in [-0.2, -0.15) is 0 Å². The van der Waals surface area contributed by atoms with Crippen LogP contribution >= 0.6 is 34.8 Å². The van der Waals surface area contributed by atoms with Gasteiger partial charge in [-0.3, -0.25) is 0 Å². The molecule has 0 aliphatic heterocycles. The maximum absolute atomic E-state index is 6.33. The fourth-order valence-electron chi connectivity index (χ4n) is 3.31. The van der Waals surface area contributed by atoms with Crippen molar-refractivity contribution >= 4 is 34.8 Å². The molecule has 118 valence electrons. The van der Waals surface area contributed by atoms with Crippen LogP contribution < -0.4 is 5.32 Å². The van der Waals surface area contributed by atoms with Crippen LogP contribution in [0.1, 0.15) is 64.0 Å². The van der Waals surface area contributed by atoms with Gasteiger partial charge in [0.25, 0.3) is 0 Å². The van der Waals surface area contributed by atoms with Crippen LogP contribution in [0.25, 0.3) is 0 Å². The monoisotopic (exact) mass is 347 g/mol. The molecule has 0 amide bonds. The van der Waals surface area contributed by atoms with Crippen molar-refractivity contribution in [3.63, 3.8) is 0 Å². The molecular weight excluding hydrogens is 325 g/mol. The second kappa shape index (κ2) is 8.06. The van der Waals surface area contributed by atoms with Gasteiger partial charge in [0.1, 0.15) is 0 Å². The number of hydrogen-bond donors (Lipinski definition) is 1. The molecule has 4 heteroatoms. The summed E-state index contributed by atoms with van der Waals surface area (Å²) >= 11 is 18.5. The molecule has 1 saturated carbocycles. The summed E-state index contributed by atoms with van der Waals surface area (Å²) in [6.07, 6.45) is 8.15. The van der Waals surface area contributed by atoms with Crippen LogP contribution in [-0.4, -0.2) is 6.04 Å². The number of hydrogen-bond acceptors (Lipinski definition) is 1. The van der Waals surface area contributed by atoms with Crippen LogP contribution in [0.3, 0.4) is 0 Å². The molecule has 0 radical (unpaired) electrons. The zero-order valence-electron chi connectivity index (χ0n) is 12.8. The second-order valence-corrected chi connectivity index (χ2v) is 7.36. The quantitative estimate of drug-likeness (QED) is 0.474. The van der Waals surface area contributed by atoms with Crippen molar-refractivity contribution in [2.24, 2.45) is 5.92 Å². The maximum atomic E-state index is 6.33. The first-order valence-electron chi connectivity index (χ1n) is 7.90. The van der Waals surface area contributed by atoms with Gasteiger partial charge in [0.2, 0.25) is 0 Å². The van der Waals surface area contributed by atoms with Crippen molar-refractivity contribution in [2.75, 3.05) is 0 Å². The normalized spacial score (nSPS) is 20.0. The van der Waals surface area contributed by atoms with Crippen molar-refractivity contribution in [3.05, 3.63) is 32.8 Å². The minimum atomic E-state index is 0.172. The molecule has 2 rings (SSSR count). The lowest BCUT2D eigenvalue weighted by molar-refractivity contribution is 0.316. The summed E-state index contributed by atoms with van der Waals surface area (Å²) in [6.45, 7) is 4.43. The Kier molecular flexibility index (Phi) is 6.68. The van der Waals surface area contributed by atoms with E-state index in [4.69, 9.17) is 34.8 Å². The van der Waals surface area contributed by atoms with Gasteiger partial charge in [-0.15, -0.1) is 0 Å². The van der Waals surface area contributed by atoms with Crippen LogP contribution in [-0.2, 0) is 0 Å². The summed E-state index contributed by atoms with van der Waals surface area (Å²) in [7, 11) is 0. The van der Waals surface area contributed by atoms with Gasteiger partial charge in [0.15, 0.2) is 0 Å². The van der Waals surface area contributed by atoms with E-state index >= 15 is 0 Å². The topological polar surface area (TPSA) is 12.0 Å². The Balaban J connectivity index is 2.03. The van der Waals surface area contributed by atoms with E-state index in [1.165, 1.54) is 38.5 Å². The standard InChI is InChI=1S/C17H24Cl3N/c1-11(13-7-5-3-4-6-8-13)21-12(2)14-9-10-15(18)17(20)16(14)19/h9-13,21H,3-8H2,1-2H3/t11-,12?/m0/s1. The fraction of sp³-hybridized carbons (Fsp3) is 0.647. The number of nitrogens with one attached hydrogen (secondary N) is 1. The van der Waals surface area contributed by atoms with E-state index < -0.39 is 0 Å². The van der Waals surface area contributed by atoms with Gasteiger partial charge in [-0.25, -0.2) is 0 Å². The van der Waals surface area contributed by atoms with E-state index in [-0.39, 0.29) is 6.04 Å². The molecule has 1 unspecified atom stereocenters. The summed E-state index contributed by atoms with van der Waals surface area (Å²) in [5.74, 6) is 0.761. The maximum Gasteiger partial charge on any atom is 0.0781 e. The highest BCUT2D eigenvalue weighted by Gasteiger charge is 2.22. The molecule has 21 heavy (non-hydrogen) atoms. The van der Waals surface area contributed by atoms with Crippen LogP contribution in [0.4, 0.5) is 0 Å². The molecule has 2 atom stereocenters. The van der Waals surface area contributed by atoms with Crippen LogP contribution in [0.15, 0.2) is 12.1 Å². The zero-order chi connectivity index (χ0) is 15.4. The van der Waals surface area contributed by atoms with E-state index in [0.717, 1.165) is 11.5 Å². The van der Waals surface area contributed by atoms with Crippen molar-refractivity contribution in [3.8, 4) is 0 Å². The van der Waals surface area contributed by atoms with E-state index in [1.807, 2.05) is 12.1 Å². The molecule has 0 spiro atoms. The average molecular weight is 349 g/mol. The SMILES string of the molecule is CC(N[C@@H](C)C1CCCCCC1)c1ccc(Cl)c(Cl)c1Cl. The molecule has 1 N–H and O–H groups in total. The molecular formula is C17H24Cl3N. The zero-order valence-corrected chi connectivity index (χ0v) is 15.0. The predicted molar refractivity (Wildman–Crippen MR) is 93.7 cm³/mol. The van der Waals surface area contributed by atoms with Crippen molar-refractivity contribution in [2.45, 2.75) is 64.5 Å².